The number of rotatable bonds is 0. The van der Waals surface area contributed by atoms with Gasteiger partial charge in [0.1, 0.15) is 0 Å². The third-order valence-electron chi connectivity index (χ3n) is 0. The Morgan fingerprint density at radius 2 is 1.25 bits per heavy atom. The van der Waals surface area contributed by atoms with Crippen molar-refractivity contribution < 1.29 is 0 Å². The molecule has 0 saturated carbocycles. The van der Waals surface area contributed by atoms with Crippen LogP contribution in [0.25, 0.3) is 0 Å². The molecule has 0 aliphatic carbocycles. The van der Waals surface area contributed by atoms with E-state index < -0.39 is 0 Å². The van der Waals surface area contributed by atoms with Crippen molar-refractivity contribution in [3.63, 3.8) is 0 Å². The minimum Gasteiger partial charge on any atom is -0.100 e. The maximum atomic E-state index is 3.56. The van der Waals surface area contributed by atoms with Gasteiger partial charge in [-0.05, 0) is 13.8 Å². The van der Waals surface area contributed by atoms with E-state index in [1.165, 1.54) is 12.0 Å². The summed E-state index contributed by atoms with van der Waals surface area (Å²) in [4.78, 5) is 0. The Labute approximate surface area is 54.6 Å². The van der Waals surface area contributed by atoms with E-state index in [9.17, 15) is 0 Å². The lowest BCUT2D eigenvalue weighted by Gasteiger charge is -1.65. The van der Waals surface area contributed by atoms with E-state index in [2.05, 4.69) is 20.4 Å². The Morgan fingerprint density at radius 3 is 1.25 bits per heavy atom. The van der Waals surface area contributed by atoms with E-state index in [0.717, 1.165) is 0 Å². The SMILES string of the molecule is C.C=C(C)C.CCC. The molecule has 8 heavy (non-hydrogen) atoms. The Bertz CT molecular complexity index is 31.3. The molecule has 0 spiro atoms. The quantitative estimate of drug-likeness (QED) is 0.424. The second-order valence-corrected chi connectivity index (χ2v) is 1.91. The van der Waals surface area contributed by atoms with Crippen LogP contribution in [0, 0.1) is 0 Å². The van der Waals surface area contributed by atoms with Crippen molar-refractivity contribution in [2.24, 2.45) is 0 Å². The van der Waals surface area contributed by atoms with Crippen LogP contribution in [0.4, 0.5) is 0 Å². The van der Waals surface area contributed by atoms with Crippen LogP contribution in [0.1, 0.15) is 41.5 Å². The highest BCUT2D eigenvalue weighted by atomic mass is 13.6. The maximum Gasteiger partial charge on any atom is -0.0445 e. The van der Waals surface area contributed by atoms with Crippen molar-refractivity contribution in [2.45, 2.75) is 41.5 Å². The van der Waals surface area contributed by atoms with Crippen LogP contribution < -0.4 is 0 Å². The molecule has 0 aromatic heterocycles. The van der Waals surface area contributed by atoms with Gasteiger partial charge >= 0.3 is 0 Å². The summed E-state index contributed by atoms with van der Waals surface area (Å²) >= 11 is 0. The fourth-order valence-corrected chi connectivity index (χ4v) is 0. The first-order valence-electron chi connectivity index (χ1n) is 2.77. The van der Waals surface area contributed by atoms with Crippen molar-refractivity contribution >= 4 is 0 Å². The summed E-state index contributed by atoms with van der Waals surface area (Å²) in [6.45, 7) is 11.8. The molecular formula is C8H20. The number of hydrogen-bond donors (Lipinski definition) is 0. The zero-order valence-electron chi connectivity index (χ0n) is 5.91. The fourth-order valence-electron chi connectivity index (χ4n) is 0. The molecule has 0 amide bonds. The first-order chi connectivity index (χ1) is 3.15. The molecule has 0 heteroatoms. The van der Waals surface area contributed by atoms with Gasteiger partial charge in [-0.3, -0.25) is 0 Å². The van der Waals surface area contributed by atoms with Crippen LogP contribution >= 0.6 is 0 Å². The molecule has 0 saturated heterocycles. The van der Waals surface area contributed by atoms with Crippen molar-refractivity contribution in [3.8, 4) is 0 Å². The first kappa shape index (κ1) is 15.6. The van der Waals surface area contributed by atoms with Gasteiger partial charge in [0.2, 0.25) is 0 Å². The van der Waals surface area contributed by atoms with Crippen LogP contribution in [0.5, 0.6) is 0 Å². The molecule has 0 unspecified atom stereocenters. The summed E-state index contributed by atoms with van der Waals surface area (Å²) in [6, 6.07) is 0. The van der Waals surface area contributed by atoms with Gasteiger partial charge in [-0.1, -0.05) is 33.3 Å². The highest BCUT2D eigenvalue weighted by Crippen LogP contribution is 1.73. The lowest BCUT2D eigenvalue weighted by molar-refractivity contribution is 1.09. The lowest BCUT2D eigenvalue weighted by atomic mass is 10.4. The van der Waals surface area contributed by atoms with Crippen LogP contribution in [0.2, 0.25) is 0 Å². The summed E-state index contributed by atoms with van der Waals surface area (Å²) in [5.74, 6) is 0. The van der Waals surface area contributed by atoms with E-state index in [1.54, 1.807) is 0 Å². The van der Waals surface area contributed by atoms with Gasteiger partial charge < -0.3 is 0 Å². The van der Waals surface area contributed by atoms with Crippen molar-refractivity contribution in [3.05, 3.63) is 12.2 Å². The third kappa shape index (κ3) is 1910. The van der Waals surface area contributed by atoms with Crippen LogP contribution in [0.3, 0.4) is 0 Å². The average molecular weight is 116 g/mol. The summed E-state index contributed by atoms with van der Waals surface area (Å²) in [6.07, 6.45) is 1.25. The lowest BCUT2D eigenvalue weighted by Crippen LogP contribution is -1.43. The largest absolute Gasteiger partial charge is 0.100 e. The molecule has 0 radical (unpaired) electrons. The molecule has 0 heterocycles. The second-order valence-electron chi connectivity index (χ2n) is 1.91. The van der Waals surface area contributed by atoms with Crippen molar-refractivity contribution in [2.75, 3.05) is 0 Å². The monoisotopic (exact) mass is 116 g/mol. The van der Waals surface area contributed by atoms with Gasteiger partial charge in [0.15, 0.2) is 0 Å². The van der Waals surface area contributed by atoms with Gasteiger partial charge in [0.25, 0.3) is 0 Å². The normalized spacial score (nSPS) is 5.50. The first-order valence-corrected chi connectivity index (χ1v) is 2.77. The van der Waals surface area contributed by atoms with E-state index in [4.69, 9.17) is 0 Å². The minimum atomic E-state index is 0. The molecule has 0 rings (SSSR count). The Balaban J connectivity index is -0.0000000575. The Hall–Kier alpha value is -0.260. The fraction of sp³-hybridized carbons (Fsp3) is 0.750. The maximum absolute atomic E-state index is 3.56. The predicted molar refractivity (Wildman–Crippen MR) is 43.2 cm³/mol. The summed E-state index contributed by atoms with van der Waals surface area (Å²) < 4.78 is 0. The van der Waals surface area contributed by atoms with Crippen molar-refractivity contribution in [1.29, 1.82) is 0 Å². The van der Waals surface area contributed by atoms with Crippen molar-refractivity contribution in [1.82, 2.24) is 0 Å². The molecule has 0 aromatic carbocycles. The molecule has 0 atom stereocenters. The van der Waals surface area contributed by atoms with Gasteiger partial charge in [0, 0.05) is 0 Å². The smallest absolute Gasteiger partial charge is 0.0445 e. The van der Waals surface area contributed by atoms with E-state index in [1.807, 2.05) is 13.8 Å². The Kier molecular flexibility index (Phi) is 31.1. The van der Waals surface area contributed by atoms with Gasteiger partial charge in [-0.2, -0.15) is 0 Å². The molecule has 0 N–H and O–H groups in total. The topological polar surface area (TPSA) is 0 Å². The highest BCUT2D eigenvalue weighted by molar-refractivity contribution is 4.78. The van der Waals surface area contributed by atoms with Crippen LogP contribution in [-0.2, 0) is 0 Å². The van der Waals surface area contributed by atoms with E-state index in [0.29, 0.717) is 0 Å². The van der Waals surface area contributed by atoms with E-state index >= 15 is 0 Å². The summed E-state index contributed by atoms with van der Waals surface area (Å²) in [5.41, 5.74) is 1.17. The number of hydrogen-bond acceptors (Lipinski definition) is 0. The molecule has 0 aliphatic rings. The molecule has 52 valence electrons. The van der Waals surface area contributed by atoms with Crippen LogP contribution in [0.15, 0.2) is 12.2 Å². The average Bonchev–Trinajstić information content (AvgIpc) is 1.33. The summed E-state index contributed by atoms with van der Waals surface area (Å²) in [7, 11) is 0. The molecule has 0 aliphatic heterocycles. The number of allylic oxidation sites excluding steroid dienone is 1. The third-order valence-corrected chi connectivity index (χ3v) is 0. The standard InChI is InChI=1S/C4H8.C3H8.CH4/c1-4(2)3;1-3-2;/h1H2,2-3H3;3H2,1-2H3;1H4. The highest BCUT2D eigenvalue weighted by Gasteiger charge is 1.51. The molecule has 0 nitrogen and oxygen atoms in total. The molecule has 0 aromatic rings. The molecular weight excluding hydrogens is 96.1 g/mol. The van der Waals surface area contributed by atoms with E-state index in [-0.39, 0.29) is 7.43 Å². The molecule has 0 fully saturated rings. The van der Waals surface area contributed by atoms with Crippen LogP contribution in [-0.4, -0.2) is 0 Å². The second kappa shape index (κ2) is 15.9. The zero-order valence-corrected chi connectivity index (χ0v) is 5.91. The minimum absolute atomic E-state index is 0. The van der Waals surface area contributed by atoms with Gasteiger partial charge in [-0.15, -0.1) is 6.58 Å². The molecule has 0 bridgehead atoms. The Morgan fingerprint density at radius 1 is 1.25 bits per heavy atom. The van der Waals surface area contributed by atoms with Gasteiger partial charge in [-0.25, -0.2) is 0 Å². The summed E-state index contributed by atoms with van der Waals surface area (Å²) in [5, 5.41) is 0. The van der Waals surface area contributed by atoms with Gasteiger partial charge in [0.05, 0.1) is 0 Å². The predicted octanol–water partition coefficient (Wildman–Crippen LogP) is 3.63. The zero-order chi connectivity index (χ0) is 6.28.